The van der Waals surface area contributed by atoms with Crippen molar-refractivity contribution in [2.75, 3.05) is 13.2 Å². The molecule has 0 aromatic rings. The van der Waals surface area contributed by atoms with Crippen molar-refractivity contribution in [1.82, 2.24) is 0 Å². The van der Waals surface area contributed by atoms with Gasteiger partial charge >= 0.3 is 17.9 Å². The van der Waals surface area contributed by atoms with E-state index in [2.05, 4.69) is 69.4 Å². The summed E-state index contributed by atoms with van der Waals surface area (Å²) < 4.78 is 16.9. The molecule has 0 heterocycles. The fraction of sp³-hybridized carbons (Fsp3) is 0.831. The molecule has 0 aliphatic rings. The molecule has 0 saturated carbocycles. The molecule has 0 N–H and O–H groups in total. The van der Waals surface area contributed by atoms with Crippen molar-refractivity contribution < 1.29 is 28.6 Å². The lowest BCUT2D eigenvalue weighted by molar-refractivity contribution is -0.167. The number of hydrogen-bond acceptors (Lipinski definition) is 6. The summed E-state index contributed by atoms with van der Waals surface area (Å²) in [5.74, 6) is -0.893. The summed E-state index contributed by atoms with van der Waals surface area (Å²) in [6, 6.07) is 0. The van der Waals surface area contributed by atoms with E-state index in [1.807, 2.05) is 0 Å². The third-order valence-corrected chi connectivity index (χ3v) is 13.8. The van der Waals surface area contributed by atoms with Gasteiger partial charge in [0.1, 0.15) is 13.2 Å². The van der Waals surface area contributed by atoms with Gasteiger partial charge in [-0.15, -0.1) is 0 Å². The molecule has 0 bridgehead atoms. The number of carbonyl (C=O) groups is 3. The fourth-order valence-corrected chi connectivity index (χ4v) is 9.10. The van der Waals surface area contributed by atoms with Gasteiger partial charge in [-0.1, -0.05) is 281 Å². The molecular weight excluding hydrogens is 877 g/mol. The molecule has 0 rings (SSSR count). The summed E-state index contributed by atoms with van der Waals surface area (Å²) in [5.41, 5.74) is 0. The van der Waals surface area contributed by atoms with Crippen LogP contribution in [0.2, 0.25) is 0 Å². The average Bonchev–Trinajstić information content (AvgIpc) is 3.37. The van der Waals surface area contributed by atoms with Crippen molar-refractivity contribution in [3.8, 4) is 0 Å². The lowest BCUT2D eigenvalue weighted by atomic mass is 10.0. The Hall–Kier alpha value is -2.63. The zero-order chi connectivity index (χ0) is 51.4. The lowest BCUT2D eigenvalue weighted by Crippen LogP contribution is -2.30. The Morgan fingerprint density at radius 3 is 0.859 bits per heavy atom. The summed E-state index contributed by atoms with van der Waals surface area (Å²) in [6.07, 6.45) is 74.1. The molecular formula is C65H118O6. The molecule has 1 atom stereocenters. The van der Waals surface area contributed by atoms with Gasteiger partial charge in [0.05, 0.1) is 0 Å². The molecule has 0 fully saturated rings. The zero-order valence-electron chi connectivity index (χ0n) is 47.5. The van der Waals surface area contributed by atoms with Crippen LogP contribution in [0.15, 0.2) is 48.6 Å². The highest BCUT2D eigenvalue weighted by atomic mass is 16.6. The second kappa shape index (κ2) is 59.9. The average molecular weight is 996 g/mol. The minimum Gasteiger partial charge on any atom is -0.462 e. The summed E-state index contributed by atoms with van der Waals surface area (Å²) in [6.45, 7) is 6.57. The second-order valence-electron chi connectivity index (χ2n) is 21.0. The molecule has 0 radical (unpaired) electrons. The normalized spacial score (nSPS) is 12.3. The number of ether oxygens (including phenoxy) is 3. The highest BCUT2D eigenvalue weighted by Gasteiger charge is 2.19. The van der Waals surface area contributed by atoms with Crippen molar-refractivity contribution in [3.05, 3.63) is 48.6 Å². The van der Waals surface area contributed by atoms with Crippen LogP contribution in [0.4, 0.5) is 0 Å². The minimum absolute atomic E-state index is 0.0804. The third-order valence-electron chi connectivity index (χ3n) is 13.8. The molecule has 6 heteroatoms. The molecule has 71 heavy (non-hydrogen) atoms. The number of carbonyl (C=O) groups excluding carboxylic acids is 3. The molecule has 0 aliphatic heterocycles. The highest BCUT2D eigenvalue weighted by Crippen LogP contribution is 2.17. The SMILES string of the molecule is CCC/C=C\C/C=C\CCCCCCCC(=O)OCC(COC(=O)CCCCCCCCCCCCCCCCCCCCCCCCCCC)OC(=O)CCCCCCC/C=C\C/C=C\CCCCC. The lowest BCUT2D eigenvalue weighted by Gasteiger charge is -2.18. The topological polar surface area (TPSA) is 78.9 Å². The molecule has 0 saturated heterocycles. The van der Waals surface area contributed by atoms with Crippen LogP contribution in [-0.4, -0.2) is 37.2 Å². The first-order chi connectivity index (χ1) is 35.0. The van der Waals surface area contributed by atoms with E-state index in [9.17, 15) is 14.4 Å². The van der Waals surface area contributed by atoms with Gasteiger partial charge < -0.3 is 14.2 Å². The van der Waals surface area contributed by atoms with E-state index in [4.69, 9.17) is 14.2 Å². The quantitative estimate of drug-likeness (QED) is 0.0261. The predicted molar refractivity (Wildman–Crippen MR) is 307 cm³/mol. The monoisotopic (exact) mass is 995 g/mol. The van der Waals surface area contributed by atoms with Crippen LogP contribution < -0.4 is 0 Å². The number of rotatable bonds is 57. The summed E-state index contributed by atoms with van der Waals surface area (Å²) >= 11 is 0. The van der Waals surface area contributed by atoms with Crippen LogP contribution in [0.25, 0.3) is 0 Å². The van der Waals surface area contributed by atoms with Crippen LogP contribution in [0.5, 0.6) is 0 Å². The molecule has 414 valence electrons. The van der Waals surface area contributed by atoms with Crippen molar-refractivity contribution in [2.45, 2.75) is 335 Å². The Labute approximate surface area is 441 Å². The van der Waals surface area contributed by atoms with Crippen molar-refractivity contribution >= 4 is 17.9 Å². The molecule has 0 aromatic heterocycles. The summed E-state index contributed by atoms with van der Waals surface area (Å²) in [5, 5.41) is 0. The molecule has 0 amide bonds. The van der Waals surface area contributed by atoms with E-state index in [0.717, 1.165) is 109 Å². The smallest absolute Gasteiger partial charge is 0.306 e. The first-order valence-electron chi connectivity index (χ1n) is 31.1. The van der Waals surface area contributed by atoms with Crippen molar-refractivity contribution in [2.24, 2.45) is 0 Å². The number of esters is 3. The standard InChI is InChI=1S/C65H118O6/c1-4-7-10-13-16-19-22-25-27-28-29-30-31-32-33-34-35-36-38-40-43-46-49-52-55-58-64(67)70-61-62(60-69-63(66)57-54-51-48-45-42-39-24-21-18-15-12-9-6-3)71-65(68)59-56-53-50-47-44-41-37-26-23-20-17-14-11-8-5-2/h12,15,17,20-21,24,26,37,62H,4-11,13-14,16,18-19,22-23,25,27-36,38-61H2,1-3H3/b15-12-,20-17-,24-21-,37-26-. The Bertz CT molecular complexity index is 1230. The van der Waals surface area contributed by atoms with Gasteiger partial charge in [0.15, 0.2) is 6.10 Å². The summed E-state index contributed by atoms with van der Waals surface area (Å²) in [7, 11) is 0. The maximum atomic E-state index is 12.9. The second-order valence-corrected chi connectivity index (χ2v) is 21.0. The third kappa shape index (κ3) is 58.1. The first-order valence-corrected chi connectivity index (χ1v) is 31.1. The Morgan fingerprint density at radius 1 is 0.282 bits per heavy atom. The maximum Gasteiger partial charge on any atom is 0.306 e. The van der Waals surface area contributed by atoms with E-state index < -0.39 is 6.10 Å². The molecule has 0 aromatic carbocycles. The Morgan fingerprint density at radius 2 is 0.535 bits per heavy atom. The predicted octanol–water partition coefficient (Wildman–Crippen LogP) is 21.0. The minimum atomic E-state index is -0.785. The zero-order valence-corrected chi connectivity index (χ0v) is 47.5. The van der Waals surface area contributed by atoms with E-state index in [0.29, 0.717) is 19.3 Å². The first kappa shape index (κ1) is 68.4. The van der Waals surface area contributed by atoms with Gasteiger partial charge in [-0.3, -0.25) is 14.4 Å². The van der Waals surface area contributed by atoms with E-state index >= 15 is 0 Å². The maximum absolute atomic E-state index is 12.9. The van der Waals surface area contributed by atoms with E-state index in [1.165, 1.54) is 180 Å². The van der Waals surface area contributed by atoms with Gasteiger partial charge in [-0.2, -0.15) is 0 Å². The molecule has 0 aliphatic carbocycles. The molecule has 1 unspecified atom stereocenters. The van der Waals surface area contributed by atoms with Crippen molar-refractivity contribution in [1.29, 1.82) is 0 Å². The Balaban J connectivity index is 4.24. The number of unbranched alkanes of at least 4 members (excludes halogenated alkanes) is 38. The number of hydrogen-bond donors (Lipinski definition) is 0. The van der Waals surface area contributed by atoms with Crippen LogP contribution in [0.1, 0.15) is 329 Å². The van der Waals surface area contributed by atoms with Gasteiger partial charge in [-0.25, -0.2) is 0 Å². The number of allylic oxidation sites excluding steroid dienone is 8. The Kier molecular flexibility index (Phi) is 57.7. The van der Waals surface area contributed by atoms with Gasteiger partial charge in [0, 0.05) is 19.3 Å². The van der Waals surface area contributed by atoms with E-state index in [1.54, 1.807) is 0 Å². The largest absolute Gasteiger partial charge is 0.462 e. The van der Waals surface area contributed by atoms with Gasteiger partial charge in [0.25, 0.3) is 0 Å². The van der Waals surface area contributed by atoms with Crippen LogP contribution in [-0.2, 0) is 28.6 Å². The van der Waals surface area contributed by atoms with Gasteiger partial charge in [-0.05, 0) is 77.0 Å². The van der Waals surface area contributed by atoms with Gasteiger partial charge in [0.2, 0.25) is 0 Å². The molecule has 0 spiro atoms. The van der Waals surface area contributed by atoms with E-state index in [-0.39, 0.29) is 31.1 Å². The highest BCUT2D eigenvalue weighted by molar-refractivity contribution is 5.71. The van der Waals surface area contributed by atoms with Crippen LogP contribution >= 0.6 is 0 Å². The van der Waals surface area contributed by atoms with Crippen LogP contribution in [0.3, 0.4) is 0 Å². The van der Waals surface area contributed by atoms with Crippen molar-refractivity contribution in [3.63, 3.8) is 0 Å². The van der Waals surface area contributed by atoms with Crippen LogP contribution in [0, 0.1) is 0 Å². The fourth-order valence-electron chi connectivity index (χ4n) is 9.10. The molecule has 6 nitrogen and oxygen atoms in total. The summed E-state index contributed by atoms with van der Waals surface area (Å²) in [4.78, 5) is 38.2.